The molecule has 3 heteroatoms. The van der Waals surface area contributed by atoms with Crippen molar-refractivity contribution in [2.45, 2.75) is 39.7 Å². The molecule has 19 heavy (non-hydrogen) atoms. The standard InChI is InChI=1S/C16H24N2O/c1-4-17-16(19)12-5-7-14(8-6-12)18-15-9-13(10-15)11(2)3/h5-8,11,13,15,18H,4,9-10H2,1-3H3,(H,17,19). The van der Waals surface area contributed by atoms with Gasteiger partial charge in [-0.05, 0) is 55.9 Å². The SMILES string of the molecule is CCNC(=O)c1ccc(NC2CC(C(C)C)C2)cc1. The Kier molecular flexibility index (Phi) is 4.46. The van der Waals surface area contributed by atoms with Crippen molar-refractivity contribution in [3.63, 3.8) is 0 Å². The number of amides is 1. The van der Waals surface area contributed by atoms with Gasteiger partial charge in [0.2, 0.25) is 0 Å². The fraction of sp³-hybridized carbons (Fsp3) is 0.562. The zero-order valence-electron chi connectivity index (χ0n) is 12.1. The Balaban J connectivity index is 1.85. The summed E-state index contributed by atoms with van der Waals surface area (Å²) < 4.78 is 0. The molecule has 0 unspecified atom stereocenters. The highest BCUT2D eigenvalue weighted by Crippen LogP contribution is 2.35. The van der Waals surface area contributed by atoms with Gasteiger partial charge in [0.05, 0.1) is 0 Å². The summed E-state index contributed by atoms with van der Waals surface area (Å²) in [5.41, 5.74) is 1.83. The number of nitrogens with one attached hydrogen (secondary N) is 2. The van der Waals surface area contributed by atoms with Gasteiger partial charge in [-0.1, -0.05) is 13.8 Å². The Bertz CT molecular complexity index is 419. The van der Waals surface area contributed by atoms with E-state index >= 15 is 0 Å². The van der Waals surface area contributed by atoms with Crippen LogP contribution in [0.5, 0.6) is 0 Å². The van der Waals surface area contributed by atoms with E-state index in [1.54, 1.807) is 0 Å². The summed E-state index contributed by atoms with van der Waals surface area (Å²) in [7, 11) is 0. The lowest BCUT2D eigenvalue weighted by atomic mass is 9.73. The van der Waals surface area contributed by atoms with Crippen molar-refractivity contribution in [2.75, 3.05) is 11.9 Å². The molecule has 1 fully saturated rings. The van der Waals surface area contributed by atoms with Crippen molar-refractivity contribution in [2.24, 2.45) is 11.8 Å². The molecule has 1 amide bonds. The average Bonchev–Trinajstić information content (AvgIpc) is 2.33. The summed E-state index contributed by atoms with van der Waals surface area (Å²) in [5.74, 6) is 1.66. The van der Waals surface area contributed by atoms with E-state index in [4.69, 9.17) is 0 Å². The molecule has 1 aliphatic rings. The minimum absolute atomic E-state index is 0.00225. The van der Waals surface area contributed by atoms with Crippen molar-refractivity contribution >= 4 is 11.6 Å². The number of anilines is 1. The van der Waals surface area contributed by atoms with Crippen molar-refractivity contribution < 1.29 is 4.79 Å². The van der Waals surface area contributed by atoms with Gasteiger partial charge in [0.25, 0.3) is 5.91 Å². The highest BCUT2D eigenvalue weighted by molar-refractivity contribution is 5.94. The fourth-order valence-corrected chi connectivity index (χ4v) is 2.54. The Morgan fingerprint density at radius 1 is 1.26 bits per heavy atom. The molecule has 1 aromatic rings. The van der Waals surface area contributed by atoms with Crippen molar-refractivity contribution in [3.8, 4) is 0 Å². The lowest BCUT2D eigenvalue weighted by molar-refractivity contribution is 0.0956. The predicted molar refractivity (Wildman–Crippen MR) is 79.4 cm³/mol. The third-order valence-corrected chi connectivity index (χ3v) is 3.97. The van der Waals surface area contributed by atoms with Crippen LogP contribution in [-0.2, 0) is 0 Å². The Labute approximate surface area is 115 Å². The van der Waals surface area contributed by atoms with Crippen LogP contribution in [0.1, 0.15) is 44.0 Å². The van der Waals surface area contributed by atoms with E-state index < -0.39 is 0 Å². The summed E-state index contributed by atoms with van der Waals surface area (Å²) in [6.45, 7) is 7.18. The van der Waals surface area contributed by atoms with Gasteiger partial charge in [-0.2, -0.15) is 0 Å². The number of hydrogen-bond donors (Lipinski definition) is 2. The predicted octanol–water partition coefficient (Wildman–Crippen LogP) is 3.28. The van der Waals surface area contributed by atoms with Crippen LogP contribution in [0.15, 0.2) is 24.3 Å². The van der Waals surface area contributed by atoms with E-state index in [2.05, 4.69) is 24.5 Å². The van der Waals surface area contributed by atoms with Crippen LogP contribution in [0, 0.1) is 11.8 Å². The highest BCUT2D eigenvalue weighted by atomic mass is 16.1. The van der Waals surface area contributed by atoms with E-state index in [-0.39, 0.29) is 5.91 Å². The van der Waals surface area contributed by atoms with Crippen molar-refractivity contribution in [3.05, 3.63) is 29.8 Å². The van der Waals surface area contributed by atoms with Gasteiger partial charge in [-0.3, -0.25) is 4.79 Å². The van der Waals surface area contributed by atoms with Crippen molar-refractivity contribution in [1.82, 2.24) is 5.32 Å². The second-order valence-corrected chi connectivity index (χ2v) is 5.75. The van der Waals surface area contributed by atoms with E-state index in [9.17, 15) is 4.79 Å². The monoisotopic (exact) mass is 260 g/mol. The van der Waals surface area contributed by atoms with Gasteiger partial charge >= 0.3 is 0 Å². The highest BCUT2D eigenvalue weighted by Gasteiger charge is 2.30. The fourth-order valence-electron chi connectivity index (χ4n) is 2.54. The first-order valence-corrected chi connectivity index (χ1v) is 7.25. The molecule has 0 radical (unpaired) electrons. The topological polar surface area (TPSA) is 41.1 Å². The largest absolute Gasteiger partial charge is 0.382 e. The molecular formula is C16H24N2O. The molecule has 0 spiro atoms. The number of rotatable bonds is 5. The summed E-state index contributed by atoms with van der Waals surface area (Å²) >= 11 is 0. The summed E-state index contributed by atoms with van der Waals surface area (Å²) in [6, 6.07) is 8.35. The molecule has 2 rings (SSSR count). The molecule has 104 valence electrons. The molecule has 0 aromatic heterocycles. The van der Waals surface area contributed by atoms with Gasteiger partial charge in [0.1, 0.15) is 0 Å². The quantitative estimate of drug-likeness (QED) is 0.853. The molecule has 0 bridgehead atoms. The van der Waals surface area contributed by atoms with Crippen LogP contribution in [-0.4, -0.2) is 18.5 Å². The van der Waals surface area contributed by atoms with E-state index in [0.29, 0.717) is 12.6 Å². The smallest absolute Gasteiger partial charge is 0.251 e. The summed E-state index contributed by atoms with van der Waals surface area (Å²) in [6.07, 6.45) is 2.52. The molecular weight excluding hydrogens is 236 g/mol. The van der Waals surface area contributed by atoms with Crippen LogP contribution in [0.25, 0.3) is 0 Å². The van der Waals surface area contributed by atoms with Crippen LogP contribution in [0.3, 0.4) is 0 Å². The number of hydrogen-bond acceptors (Lipinski definition) is 2. The van der Waals surface area contributed by atoms with E-state index in [1.165, 1.54) is 12.8 Å². The van der Waals surface area contributed by atoms with Crippen molar-refractivity contribution in [1.29, 1.82) is 0 Å². The Hall–Kier alpha value is -1.51. The Morgan fingerprint density at radius 3 is 2.42 bits per heavy atom. The molecule has 1 saturated carbocycles. The second-order valence-electron chi connectivity index (χ2n) is 5.75. The first-order chi connectivity index (χ1) is 9.10. The van der Waals surface area contributed by atoms with Gasteiger partial charge in [-0.15, -0.1) is 0 Å². The number of carbonyl (C=O) groups excluding carboxylic acids is 1. The minimum Gasteiger partial charge on any atom is -0.382 e. The first-order valence-electron chi connectivity index (χ1n) is 7.25. The van der Waals surface area contributed by atoms with Crippen LogP contribution in [0.4, 0.5) is 5.69 Å². The van der Waals surface area contributed by atoms with Crippen LogP contribution in [0.2, 0.25) is 0 Å². The third-order valence-electron chi connectivity index (χ3n) is 3.97. The van der Waals surface area contributed by atoms with E-state index in [0.717, 1.165) is 23.1 Å². The molecule has 0 atom stereocenters. The number of benzene rings is 1. The van der Waals surface area contributed by atoms with Gasteiger partial charge < -0.3 is 10.6 Å². The lowest BCUT2D eigenvalue weighted by Gasteiger charge is -2.39. The maximum Gasteiger partial charge on any atom is 0.251 e. The average molecular weight is 260 g/mol. The minimum atomic E-state index is -0.00225. The molecule has 3 nitrogen and oxygen atoms in total. The summed E-state index contributed by atoms with van der Waals surface area (Å²) in [4.78, 5) is 11.6. The molecule has 1 aromatic carbocycles. The van der Waals surface area contributed by atoms with Gasteiger partial charge in [0.15, 0.2) is 0 Å². The zero-order valence-corrected chi connectivity index (χ0v) is 12.1. The number of carbonyl (C=O) groups is 1. The normalized spacial score (nSPS) is 21.9. The molecule has 1 aliphatic carbocycles. The molecule has 0 saturated heterocycles. The summed E-state index contributed by atoms with van der Waals surface area (Å²) in [5, 5.41) is 6.33. The first kappa shape index (κ1) is 13.9. The van der Waals surface area contributed by atoms with Gasteiger partial charge in [0, 0.05) is 23.8 Å². The van der Waals surface area contributed by atoms with Crippen LogP contribution >= 0.6 is 0 Å². The molecule has 0 aliphatic heterocycles. The maximum absolute atomic E-state index is 11.6. The lowest BCUT2D eigenvalue weighted by Crippen LogP contribution is -2.37. The van der Waals surface area contributed by atoms with Gasteiger partial charge in [-0.25, -0.2) is 0 Å². The Morgan fingerprint density at radius 2 is 1.89 bits per heavy atom. The third kappa shape index (κ3) is 3.49. The molecule has 0 heterocycles. The van der Waals surface area contributed by atoms with Crippen LogP contribution < -0.4 is 10.6 Å². The molecule has 2 N–H and O–H groups in total. The van der Waals surface area contributed by atoms with E-state index in [1.807, 2.05) is 31.2 Å². The maximum atomic E-state index is 11.6. The second kappa shape index (κ2) is 6.09. The zero-order chi connectivity index (χ0) is 13.8.